The van der Waals surface area contributed by atoms with Crippen molar-refractivity contribution in [2.45, 2.75) is 39.3 Å². The minimum Gasteiger partial charge on any atom is -0.460 e. The van der Waals surface area contributed by atoms with Crippen molar-refractivity contribution < 1.29 is 38.7 Å². The summed E-state index contributed by atoms with van der Waals surface area (Å²) in [5.41, 5.74) is 0.131. The molecule has 1 rings (SSSR count). The molecule has 0 bridgehead atoms. The van der Waals surface area contributed by atoms with Gasteiger partial charge in [-0.2, -0.15) is 4.89 Å². The molecule has 0 aliphatic heterocycles. The van der Waals surface area contributed by atoms with Crippen LogP contribution in [0.25, 0.3) is 0 Å². The highest BCUT2D eigenvalue weighted by Crippen LogP contribution is 2.28. The van der Waals surface area contributed by atoms with Crippen molar-refractivity contribution in [1.82, 2.24) is 0 Å². The van der Waals surface area contributed by atoms with Crippen LogP contribution in [0.15, 0.2) is 42.5 Å². The Hall–Kier alpha value is -2.42. The maximum absolute atomic E-state index is 11.3. The maximum atomic E-state index is 11.3. The van der Waals surface area contributed by atoms with Crippen LogP contribution in [0.1, 0.15) is 33.3 Å². The van der Waals surface area contributed by atoms with E-state index in [0.717, 1.165) is 5.56 Å². The molecule has 0 fully saturated rings. The molecule has 1 N–H and O–H groups in total. The van der Waals surface area contributed by atoms with Crippen LogP contribution in [0.3, 0.4) is 0 Å². The lowest BCUT2D eigenvalue weighted by Crippen LogP contribution is -2.41. The molecule has 1 atom stereocenters. The predicted octanol–water partition coefficient (Wildman–Crippen LogP) is 3.37. The van der Waals surface area contributed by atoms with E-state index in [1.165, 1.54) is 13.8 Å². The molecule has 26 heavy (non-hydrogen) atoms. The summed E-state index contributed by atoms with van der Waals surface area (Å²) in [5.74, 6) is -2.63. The van der Waals surface area contributed by atoms with Gasteiger partial charge in [0.1, 0.15) is 12.2 Å². The third-order valence-electron chi connectivity index (χ3n) is 3.17. The summed E-state index contributed by atoms with van der Waals surface area (Å²) in [6.07, 6.45) is -1.62. The first kappa shape index (κ1) is 21.6. The molecule has 0 saturated heterocycles. The molecule has 0 aromatic heterocycles. The van der Waals surface area contributed by atoms with Crippen LogP contribution >= 0.6 is 0 Å². The molecule has 144 valence electrons. The van der Waals surface area contributed by atoms with E-state index in [1.54, 1.807) is 13.8 Å². The molecule has 0 saturated carbocycles. The Labute approximate surface area is 152 Å². The second-order valence-electron chi connectivity index (χ2n) is 6.04. The predicted molar refractivity (Wildman–Crippen MR) is 90.9 cm³/mol. The topological polar surface area (TPSA) is 101 Å². The van der Waals surface area contributed by atoms with E-state index < -0.39 is 23.7 Å². The second-order valence-corrected chi connectivity index (χ2v) is 6.04. The molecule has 0 spiro atoms. The Bertz CT molecular complexity index is 625. The molecule has 0 aliphatic rings. The van der Waals surface area contributed by atoms with E-state index >= 15 is 0 Å². The maximum Gasteiger partial charge on any atom is 0.510 e. The average Bonchev–Trinajstić information content (AvgIpc) is 2.57. The van der Waals surface area contributed by atoms with Crippen molar-refractivity contribution in [3.63, 3.8) is 0 Å². The second kappa shape index (κ2) is 9.33. The summed E-state index contributed by atoms with van der Waals surface area (Å²) < 4.78 is 14.7. The van der Waals surface area contributed by atoms with Gasteiger partial charge in [0.15, 0.2) is 0 Å². The molecular formula is C18H24O8. The molecule has 0 radical (unpaired) electrons. The van der Waals surface area contributed by atoms with E-state index in [0.29, 0.717) is 0 Å². The SMILES string of the molecule is C=C(C)C(=O)OCCOC(C)(OOC(C)(C)c1ccccc1)OC(=O)O. The molecule has 8 nitrogen and oxygen atoms in total. The highest BCUT2D eigenvalue weighted by atomic mass is 17.3. The highest BCUT2D eigenvalue weighted by Gasteiger charge is 2.36. The van der Waals surface area contributed by atoms with E-state index in [4.69, 9.17) is 24.4 Å². The summed E-state index contributed by atoms with van der Waals surface area (Å²) in [5, 5.41) is 8.88. The largest absolute Gasteiger partial charge is 0.510 e. The standard InChI is InChI=1S/C18H24O8/c1-13(2)15(19)22-11-12-23-18(5,24-16(20)21)26-25-17(3,4)14-9-7-6-8-10-14/h6-10H,1,11-12H2,2-5H3,(H,20,21). The Morgan fingerprint density at radius 2 is 1.69 bits per heavy atom. The zero-order valence-electron chi connectivity index (χ0n) is 15.3. The van der Waals surface area contributed by atoms with Gasteiger partial charge in [0.2, 0.25) is 0 Å². The fourth-order valence-electron chi connectivity index (χ4n) is 1.78. The van der Waals surface area contributed by atoms with E-state index in [1.807, 2.05) is 30.3 Å². The zero-order chi connectivity index (χ0) is 19.8. The lowest BCUT2D eigenvalue weighted by molar-refractivity contribution is -0.515. The van der Waals surface area contributed by atoms with Crippen LogP contribution in [-0.4, -0.2) is 36.4 Å². The number of esters is 1. The quantitative estimate of drug-likeness (QED) is 0.168. The first-order valence-electron chi connectivity index (χ1n) is 7.86. The number of hydrogen-bond acceptors (Lipinski definition) is 7. The van der Waals surface area contributed by atoms with Crippen molar-refractivity contribution in [2.75, 3.05) is 13.2 Å². The Kier molecular flexibility index (Phi) is 7.76. The summed E-state index contributed by atoms with van der Waals surface area (Å²) in [4.78, 5) is 32.7. The van der Waals surface area contributed by atoms with Gasteiger partial charge in [-0.3, -0.25) is 0 Å². The monoisotopic (exact) mass is 368 g/mol. The molecule has 1 aromatic rings. The summed E-state index contributed by atoms with van der Waals surface area (Å²) in [6.45, 7) is 9.32. The number of benzene rings is 1. The van der Waals surface area contributed by atoms with Gasteiger partial charge in [-0.25, -0.2) is 14.5 Å². The molecular weight excluding hydrogens is 344 g/mol. The minimum atomic E-state index is -2.05. The van der Waals surface area contributed by atoms with Crippen LogP contribution in [0.4, 0.5) is 4.79 Å². The van der Waals surface area contributed by atoms with Crippen LogP contribution in [0.2, 0.25) is 0 Å². The van der Waals surface area contributed by atoms with E-state index in [9.17, 15) is 9.59 Å². The Morgan fingerprint density at radius 1 is 1.08 bits per heavy atom. The van der Waals surface area contributed by atoms with Crippen molar-refractivity contribution in [3.05, 3.63) is 48.0 Å². The van der Waals surface area contributed by atoms with E-state index in [2.05, 4.69) is 11.3 Å². The highest BCUT2D eigenvalue weighted by molar-refractivity contribution is 5.86. The summed E-state index contributed by atoms with van der Waals surface area (Å²) >= 11 is 0. The zero-order valence-corrected chi connectivity index (χ0v) is 15.3. The lowest BCUT2D eigenvalue weighted by Gasteiger charge is -2.31. The van der Waals surface area contributed by atoms with Crippen molar-refractivity contribution in [3.8, 4) is 0 Å². The fourth-order valence-corrected chi connectivity index (χ4v) is 1.78. The molecule has 0 heterocycles. The number of carbonyl (C=O) groups excluding carboxylic acids is 1. The van der Waals surface area contributed by atoms with Gasteiger partial charge < -0.3 is 19.3 Å². The number of hydrogen-bond donors (Lipinski definition) is 1. The molecule has 8 heteroatoms. The number of ether oxygens (including phenoxy) is 3. The van der Waals surface area contributed by atoms with Gasteiger partial charge in [-0.15, -0.1) is 0 Å². The lowest BCUT2D eigenvalue weighted by atomic mass is 9.99. The van der Waals surface area contributed by atoms with Gasteiger partial charge >= 0.3 is 18.1 Å². The van der Waals surface area contributed by atoms with Gasteiger partial charge in [-0.05, 0) is 26.3 Å². The van der Waals surface area contributed by atoms with Gasteiger partial charge in [0.25, 0.3) is 0 Å². The van der Waals surface area contributed by atoms with Gasteiger partial charge in [0.05, 0.1) is 6.61 Å². The Balaban J connectivity index is 2.65. The average molecular weight is 368 g/mol. The first-order chi connectivity index (χ1) is 12.1. The third-order valence-corrected chi connectivity index (χ3v) is 3.17. The van der Waals surface area contributed by atoms with Crippen LogP contribution in [0, 0.1) is 0 Å². The molecule has 1 aromatic carbocycles. The van der Waals surface area contributed by atoms with Crippen LogP contribution in [0.5, 0.6) is 0 Å². The van der Waals surface area contributed by atoms with E-state index in [-0.39, 0.29) is 18.8 Å². The van der Waals surface area contributed by atoms with Crippen LogP contribution < -0.4 is 0 Å². The smallest absolute Gasteiger partial charge is 0.460 e. The number of rotatable bonds is 10. The van der Waals surface area contributed by atoms with Gasteiger partial charge in [-0.1, -0.05) is 36.9 Å². The van der Waals surface area contributed by atoms with Gasteiger partial charge in [0, 0.05) is 12.5 Å². The van der Waals surface area contributed by atoms with Crippen molar-refractivity contribution >= 4 is 12.1 Å². The number of carboxylic acid groups (broad SMARTS) is 1. The van der Waals surface area contributed by atoms with Crippen molar-refractivity contribution in [2.24, 2.45) is 0 Å². The normalized spacial score (nSPS) is 13.5. The summed E-state index contributed by atoms with van der Waals surface area (Å²) in [7, 11) is 0. The third kappa shape index (κ3) is 7.22. The molecule has 0 aliphatic carbocycles. The number of carbonyl (C=O) groups is 2. The van der Waals surface area contributed by atoms with Crippen molar-refractivity contribution in [1.29, 1.82) is 0 Å². The fraction of sp³-hybridized carbons (Fsp3) is 0.444. The molecule has 0 amide bonds. The minimum absolute atomic E-state index is 0.143. The van der Waals surface area contributed by atoms with Crippen LogP contribution in [-0.2, 0) is 34.4 Å². The Morgan fingerprint density at radius 3 is 2.23 bits per heavy atom. The molecule has 1 unspecified atom stereocenters. The summed E-state index contributed by atoms with van der Waals surface area (Å²) in [6, 6.07) is 9.18. The first-order valence-corrected chi connectivity index (χ1v) is 7.86.